The van der Waals surface area contributed by atoms with Gasteiger partial charge in [-0.25, -0.2) is 0 Å². The molecule has 106 valence electrons. The third-order valence-electron chi connectivity index (χ3n) is 2.45. The van der Waals surface area contributed by atoms with Crippen molar-refractivity contribution in [2.24, 2.45) is 0 Å². The van der Waals surface area contributed by atoms with Crippen LogP contribution in [0.2, 0.25) is 0 Å². The first-order valence-corrected chi connectivity index (χ1v) is 12.1. The van der Waals surface area contributed by atoms with Crippen molar-refractivity contribution in [1.29, 1.82) is 0 Å². The van der Waals surface area contributed by atoms with Gasteiger partial charge in [0.15, 0.2) is 0 Å². The zero-order valence-electron chi connectivity index (χ0n) is 11.0. The SMILES string of the molecule is COP(=S)(S)O[C@H]1C[C@H](C)O[C@@H]1/C=C/P(C)(C)=O. The lowest BCUT2D eigenvalue weighted by Gasteiger charge is -2.21. The molecule has 4 nitrogen and oxygen atoms in total. The van der Waals surface area contributed by atoms with Crippen LogP contribution in [0.3, 0.4) is 0 Å². The van der Waals surface area contributed by atoms with E-state index in [2.05, 4.69) is 12.2 Å². The van der Waals surface area contributed by atoms with Gasteiger partial charge in [-0.15, -0.1) is 0 Å². The van der Waals surface area contributed by atoms with Crippen molar-refractivity contribution in [3.8, 4) is 0 Å². The topological polar surface area (TPSA) is 44.8 Å². The first kappa shape index (κ1) is 16.9. The Kier molecular flexibility index (Phi) is 6.14. The third-order valence-corrected chi connectivity index (χ3v) is 5.82. The number of rotatable bonds is 5. The minimum absolute atomic E-state index is 0.0814. The highest BCUT2D eigenvalue weighted by Gasteiger charge is 2.35. The third kappa shape index (κ3) is 5.87. The second-order valence-corrected chi connectivity index (χ2v) is 13.2. The van der Waals surface area contributed by atoms with Gasteiger partial charge in [-0.1, -0.05) is 12.2 Å². The van der Waals surface area contributed by atoms with Crippen LogP contribution in [-0.4, -0.2) is 38.8 Å². The van der Waals surface area contributed by atoms with E-state index in [1.807, 2.05) is 6.92 Å². The minimum Gasteiger partial charge on any atom is -0.368 e. The molecule has 0 saturated carbocycles. The van der Waals surface area contributed by atoms with Crippen molar-refractivity contribution in [2.75, 3.05) is 20.4 Å². The van der Waals surface area contributed by atoms with Crippen molar-refractivity contribution >= 4 is 36.9 Å². The highest BCUT2D eigenvalue weighted by atomic mass is 32.9. The first-order valence-electron chi connectivity index (χ1n) is 5.59. The fraction of sp³-hybridized carbons (Fsp3) is 0.800. The summed E-state index contributed by atoms with van der Waals surface area (Å²) in [6.07, 6.45) is 2.19. The van der Waals surface area contributed by atoms with Gasteiger partial charge in [0.2, 0.25) is 5.69 Å². The molecule has 1 unspecified atom stereocenters. The summed E-state index contributed by atoms with van der Waals surface area (Å²) in [5, 5.41) is 0. The summed E-state index contributed by atoms with van der Waals surface area (Å²) < 4.78 is 28.1. The van der Waals surface area contributed by atoms with Gasteiger partial charge in [0.05, 0.1) is 12.2 Å². The normalized spacial score (nSPS) is 32.8. The van der Waals surface area contributed by atoms with E-state index in [0.29, 0.717) is 0 Å². The molecule has 0 aromatic heterocycles. The first-order chi connectivity index (χ1) is 8.13. The van der Waals surface area contributed by atoms with Crippen LogP contribution >= 0.6 is 25.1 Å². The summed E-state index contributed by atoms with van der Waals surface area (Å²) in [6.45, 7) is 5.38. The number of thiol groups is 1. The molecular weight excluding hydrogens is 310 g/mol. The Labute approximate surface area is 119 Å². The molecule has 0 radical (unpaired) electrons. The fourth-order valence-electron chi connectivity index (χ4n) is 1.65. The fourth-order valence-corrected chi connectivity index (χ4v) is 3.56. The predicted octanol–water partition coefficient (Wildman–Crippen LogP) is 3.49. The molecule has 4 atom stereocenters. The van der Waals surface area contributed by atoms with Crippen LogP contribution in [-0.2, 0) is 30.2 Å². The van der Waals surface area contributed by atoms with Gasteiger partial charge >= 0.3 is 0 Å². The molecule has 18 heavy (non-hydrogen) atoms. The maximum atomic E-state index is 11.7. The largest absolute Gasteiger partial charge is 0.368 e. The van der Waals surface area contributed by atoms with E-state index >= 15 is 0 Å². The Morgan fingerprint density at radius 3 is 2.61 bits per heavy atom. The Morgan fingerprint density at radius 1 is 1.50 bits per heavy atom. The summed E-state index contributed by atoms with van der Waals surface area (Å²) in [4.78, 5) is 0. The van der Waals surface area contributed by atoms with Crippen LogP contribution in [0, 0.1) is 0 Å². The van der Waals surface area contributed by atoms with Gasteiger partial charge < -0.3 is 18.3 Å². The lowest BCUT2D eigenvalue weighted by Crippen LogP contribution is -2.20. The monoisotopic (exact) mass is 330 g/mol. The van der Waals surface area contributed by atoms with Crippen molar-refractivity contribution in [1.82, 2.24) is 0 Å². The highest BCUT2D eigenvalue weighted by molar-refractivity contribution is 8.60. The Bertz CT molecular complexity index is 407. The van der Waals surface area contributed by atoms with E-state index in [1.165, 1.54) is 7.11 Å². The molecule has 0 amide bonds. The molecule has 1 aliphatic rings. The van der Waals surface area contributed by atoms with Gasteiger partial charge in [-0.3, -0.25) is 0 Å². The maximum absolute atomic E-state index is 11.7. The van der Waals surface area contributed by atoms with Gasteiger partial charge in [0.1, 0.15) is 13.2 Å². The molecule has 0 bridgehead atoms. The van der Waals surface area contributed by atoms with Gasteiger partial charge in [-0.2, -0.15) is 0 Å². The van der Waals surface area contributed by atoms with E-state index in [1.54, 1.807) is 25.2 Å². The quantitative estimate of drug-likeness (QED) is 0.617. The lowest BCUT2D eigenvalue weighted by atomic mass is 10.1. The number of ether oxygens (including phenoxy) is 1. The Balaban J connectivity index is 2.74. The van der Waals surface area contributed by atoms with Gasteiger partial charge in [-0.05, 0) is 44.0 Å². The average molecular weight is 330 g/mol. The molecule has 1 saturated heterocycles. The zero-order chi connectivity index (χ0) is 14.0. The second kappa shape index (κ2) is 6.53. The highest BCUT2D eigenvalue weighted by Crippen LogP contribution is 2.55. The zero-order valence-corrected chi connectivity index (χ0v) is 14.5. The molecule has 1 fully saturated rings. The maximum Gasteiger partial charge on any atom is 0.244 e. The predicted molar refractivity (Wildman–Crippen MR) is 82.7 cm³/mol. The number of hydrogen-bond donors (Lipinski definition) is 1. The molecule has 0 aromatic carbocycles. The molecule has 0 N–H and O–H groups in total. The van der Waals surface area contributed by atoms with Crippen molar-refractivity contribution in [3.63, 3.8) is 0 Å². The van der Waals surface area contributed by atoms with E-state index in [9.17, 15) is 4.57 Å². The van der Waals surface area contributed by atoms with Gasteiger partial charge in [0, 0.05) is 13.5 Å². The summed E-state index contributed by atoms with van der Waals surface area (Å²) in [6, 6.07) is 0. The van der Waals surface area contributed by atoms with Crippen LogP contribution in [0.25, 0.3) is 0 Å². The molecule has 8 heteroatoms. The second-order valence-electron chi connectivity index (χ2n) is 4.72. The van der Waals surface area contributed by atoms with Crippen molar-refractivity contribution < 1.29 is 18.3 Å². The molecule has 0 spiro atoms. The standard InChI is InChI=1S/C10H20O4P2S2/c1-8-7-10(14-16(17,18)12-2)9(13-8)5-6-15(3,4)11/h5-6,8-10H,7H2,1-4H3,(H,17,18)/b6-5+/t8-,9+,10-/m0/s1. The van der Waals surface area contributed by atoms with Crippen LogP contribution < -0.4 is 0 Å². The van der Waals surface area contributed by atoms with Crippen LogP contribution in [0.4, 0.5) is 0 Å². The minimum atomic E-state index is -2.51. The lowest BCUT2D eigenvalue weighted by molar-refractivity contribution is 0.0548. The summed E-state index contributed by atoms with van der Waals surface area (Å²) >= 11 is 9.33. The summed E-state index contributed by atoms with van der Waals surface area (Å²) in [5.74, 6) is 1.70. The molecule has 0 aromatic rings. The average Bonchev–Trinajstić information content (AvgIpc) is 2.54. The van der Waals surface area contributed by atoms with Crippen molar-refractivity contribution in [2.45, 2.75) is 31.7 Å². The molecule has 0 aliphatic carbocycles. The summed E-state index contributed by atoms with van der Waals surface area (Å²) in [5.41, 5.74) is -2.51. The Morgan fingerprint density at radius 2 is 2.11 bits per heavy atom. The molecular formula is C10H20O4P2S2. The van der Waals surface area contributed by atoms with E-state index in [-0.39, 0.29) is 18.3 Å². The van der Waals surface area contributed by atoms with E-state index in [4.69, 9.17) is 25.6 Å². The Hall–Kier alpha value is 0.850. The van der Waals surface area contributed by atoms with E-state index < -0.39 is 12.8 Å². The number of hydrogen-bond acceptors (Lipinski definition) is 5. The molecule has 1 heterocycles. The van der Waals surface area contributed by atoms with Crippen LogP contribution in [0.5, 0.6) is 0 Å². The molecule has 1 aliphatic heterocycles. The van der Waals surface area contributed by atoms with E-state index in [0.717, 1.165) is 6.42 Å². The van der Waals surface area contributed by atoms with Crippen molar-refractivity contribution in [3.05, 3.63) is 11.9 Å². The molecule has 1 rings (SSSR count). The van der Waals surface area contributed by atoms with Crippen LogP contribution in [0.1, 0.15) is 13.3 Å². The van der Waals surface area contributed by atoms with Crippen LogP contribution in [0.15, 0.2) is 11.9 Å². The summed E-state index contributed by atoms with van der Waals surface area (Å²) in [7, 11) is -0.716. The smallest absolute Gasteiger partial charge is 0.244 e. The van der Waals surface area contributed by atoms with Gasteiger partial charge in [0.25, 0.3) is 0 Å².